The van der Waals surface area contributed by atoms with Crippen molar-refractivity contribution in [3.8, 4) is 0 Å². The van der Waals surface area contributed by atoms with Crippen molar-refractivity contribution in [2.45, 2.75) is 24.6 Å². The van der Waals surface area contributed by atoms with Gasteiger partial charge in [0.15, 0.2) is 0 Å². The molecule has 1 saturated heterocycles. The molecule has 0 aromatic rings. The molecule has 5 nitrogen and oxygen atoms in total. The molecule has 63 valence electrons. The lowest BCUT2D eigenvalue weighted by Crippen LogP contribution is -2.25. The number of aliphatic hydroxyl groups is 2. The van der Waals surface area contributed by atoms with Crippen LogP contribution in [0.5, 0.6) is 0 Å². The summed E-state index contributed by atoms with van der Waals surface area (Å²) in [5.74, 6) is 0. The minimum Gasteiger partial charge on any atom is -0.394 e. The van der Waals surface area contributed by atoms with E-state index in [4.69, 9.17) is 20.2 Å². The Morgan fingerprint density at radius 2 is 2.36 bits per heavy atom. The highest BCUT2D eigenvalue weighted by molar-refractivity contribution is 6.28. The van der Waals surface area contributed by atoms with Crippen LogP contribution < -0.4 is 0 Å². The van der Waals surface area contributed by atoms with E-state index in [1.807, 2.05) is 0 Å². The Kier molecular flexibility index (Phi) is 3.28. The van der Waals surface area contributed by atoms with Gasteiger partial charge in [0.2, 0.25) is 0 Å². The maximum absolute atomic E-state index is 9.14. The van der Waals surface area contributed by atoms with E-state index in [1.165, 1.54) is 0 Å². The molecule has 1 aliphatic rings. The van der Waals surface area contributed by atoms with Gasteiger partial charge in [-0.15, -0.1) is 0 Å². The van der Waals surface area contributed by atoms with Crippen LogP contribution >= 0.6 is 0 Å². The second-order valence-electron chi connectivity index (χ2n) is 2.44. The first kappa shape index (κ1) is 8.96. The topological polar surface area (TPSA) is 79.2 Å². The molecule has 6 heteroatoms. The molecule has 0 spiro atoms. The summed E-state index contributed by atoms with van der Waals surface area (Å²) in [7, 11) is 1.07. The van der Waals surface area contributed by atoms with Crippen LogP contribution in [0.3, 0.4) is 0 Å². The zero-order valence-corrected chi connectivity index (χ0v) is 5.88. The highest BCUT2D eigenvalue weighted by Gasteiger charge is 2.34. The number of aliphatic hydroxyl groups excluding tert-OH is 2. The monoisotopic (exact) mass is 161 g/mol. The van der Waals surface area contributed by atoms with E-state index in [1.54, 1.807) is 0 Å². The molecular formula is C5H10BO5. The lowest BCUT2D eigenvalue weighted by atomic mass is 9.88. The van der Waals surface area contributed by atoms with Crippen LogP contribution in [0.1, 0.15) is 6.42 Å². The molecule has 0 amide bonds. The molecule has 0 aliphatic carbocycles. The molecule has 1 fully saturated rings. The van der Waals surface area contributed by atoms with Gasteiger partial charge in [-0.2, -0.15) is 0 Å². The Morgan fingerprint density at radius 3 is 2.82 bits per heavy atom. The van der Waals surface area contributed by atoms with E-state index in [0.717, 1.165) is 7.48 Å². The molecule has 3 N–H and O–H groups in total. The van der Waals surface area contributed by atoms with Gasteiger partial charge in [-0.1, -0.05) is 0 Å². The van der Waals surface area contributed by atoms with Crippen LogP contribution in [-0.4, -0.2) is 47.8 Å². The fraction of sp³-hybridized carbons (Fsp3) is 1.00. The predicted octanol–water partition coefficient (Wildman–Crippen LogP) is -1.44. The largest absolute Gasteiger partial charge is 0.394 e. The minimum absolute atomic E-state index is 0.225. The van der Waals surface area contributed by atoms with Crippen molar-refractivity contribution in [2.75, 3.05) is 6.61 Å². The Labute approximate surface area is 64.8 Å². The molecular weight excluding hydrogens is 151 g/mol. The molecule has 0 aromatic heterocycles. The summed E-state index contributed by atoms with van der Waals surface area (Å²) in [6.07, 6.45) is -0.908. The summed E-state index contributed by atoms with van der Waals surface area (Å²) in [5, 5.41) is 25.8. The van der Waals surface area contributed by atoms with Crippen LogP contribution in [0.4, 0.5) is 0 Å². The first-order valence-electron chi connectivity index (χ1n) is 3.36. The first-order chi connectivity index (χ1) is 5.27. The molecule has 0 bridgehead atoms. The average molecular weight is 161 g/mol. The summed E-state index contributed by atoms with van der Waals surface area (Å²) < 4.78 is 5.02. The quantitative estimate of drug-likeness (QED) is 0.268. The molecule has 1 rings (SSSR count). The molecule has 1 heterocycles. The second kappa shape index (κ2) is 4.03. The SMILES string of the molecule is OCC1OC([B]OO)CC1O. The van der Waals surface area contributed by atoms with E-state index in [9.17, 15) is 0 Å². The smallest absolute Gasteiger partial charge is 0.375 e. The van der Waals surface area contributed by atoms with Crippen molar-refractivity contribution in [2.24, 2.45) is 0 Å². The molecule has 1 radical (unpaired) electrons. The molecule has 1 aliphatic heterocycles. The lowest BCUT2D eigenvalue weighted by Gasteiger charge is -2.09. The average Bonchev–Trinajstić information content (AvgIpc) is 2.32. The summed E-state index contributed by atoms with van der Waals surface area (Å²) in [5.41, 5.74) is 0. The van der Waals surface area contributed by atoms with Gasteiger partial charge in [0, 0.05) is 0 Å². The fourth-order valence-corrected chi connectivity index (χ4v) is 1.08. The first-order valence-corrected chi connectivity index (χ1v) is 3.36. The minimum atomic E-state index is -0.684. The van der Waals surface area contributed by atoms with Crippen molar-refractivity contribution in [3.05, 3.63) is 0 Å². The maximum atomic E-state index is 9.14. The van der Waals surface area contributed by atoms with E-state index in [-0.39, 0.29) is 6.61 Å². The Balaban J connectivity index is 2.30. The van der Waals surface area contributed by atoms with E-state index < -0.39 is 18.2 Å². The van der Waals surface area contributed by atoms with Gasteiger partial charge in [-0.25, -0.2) is 0 Å². The number of hydrogen-bond donors (Lipinski definition) is 3. The zero-order chi connectivity index (χ0) is 8.27. The van der Waals surface area contributed by atoms with Gasteiger partial charge >= 0.3 is 7.48 Å². The second-order valence-corrected chi connectivity index (χ2v) is 2.44. The summed E-state index contributed by atoms with van der Waals surface area (Å²) in [4.78, 5) is 3.72. The Morgan fingerprint density at radius 1 is 1.64 bits per heavy atom. The van der Waals surface area contributed by atoms with Gasteiger partial charge in [-0.3, -0.25) is 5.26 Å². The van der Waals surface area contributed by atoms with Crippen LogP contribution in [0.25, 0.3) is 0 Å². The van der Waals surface area contributed by atoms with Crippen molar-refractivity contribution in [1.29, 1.82) is 0 Å². The van der Waals surface area contributed by atoms with E-state index >= 15 is 0 Å². The highest BCUT2D eigenvalue weighted by atomic mass is 17.1. The predicted molar refractivity (Wildman–Crippen MR) is 35.8 cm³/mol. The van der Waals surface area contributed by atoms with E-state index in [2.05, 4.69) is 4.81 Å². The van der Waals surface area contributed by atoms with Gasteiger partial charge in [-0.05, 0) is 6.42 Å². The molecule has 0 saturated carbocycles. The van der Waals surface area contributed by atoms with Crippen molar-refractivity contribution < 1.29 is 25.0 Å². The molecule has 0 aromatic carbocycles. The highest BCUT2D eigenvalue weighted by Crippen LogP contribution is 2.18. The molecule has 3 unspecified atom stereocenters. The number of ether oxygens (including phenoxy) is 1. The van der Waals surface area contributed by atoms with Crippen LogP contribution in [0.15, 0.2) is 0 Å². The molecule has 11 heavy (non-hydrogen) atoms. The number of rotatable bonds is 3. The Bertz CT molecular complexity index is 121. The van der Waals surface area contributed by atoms with Crippen LogP contribution in [-0.2, 0) is 9.54 Å². The van der Waals surface area contributed by atoms with Crippen molar-refractivity contribution in [1.82, 2.24) is 0 Å². The zero-order valence-electron chi connectivity index (χ0n) is 5.88. The van der Waals surface area contributed by atoms with Crippen LogP contribution in [0, 0.1) is 0 Å². The third-order valence-corrected chi connectivity index (χ3v) is 1.65. The van der Waals surface area contributed by atoms with Gasteiger partial charge in [0.1, 0.15) is 6.10 Å². The van der Waals surface area contributed by atoms with Crippen LogP contribution in [0.2, 0.25) is 0 Å². The summed E-state index contributed by atoms with van der Waals surface area (Å²) in [6, 6.07) is -0.438. The van der Waals surface area contributed by atoms with Gasteiger partial charge in [0.05, 0.1) is 18.7 Å². The molecule has 3 atom stereocenters. The van der Waals surface area contributed by atoms with Gasteiger partial charge < -0.3 is 19.8 Å². The maximum Gasteiger partial charge on any atom is 0.375 e. The van der Waals surface area contributed by atoms with Crippen molar-refractivity contribution in [3.63, 3.8) is 0 Å². The fourth-order valence-electron chi connectivity index (χ4n) is 1.08. The standard InChI is InChI=1S/C5H10BO5/c7-2-4-3(8)1-5(10-4)6-11-9/h3-5,7-9H,1-2H2. The van der Waals surface area contributed by atoms with E-state index in [0.29, 0.717) is 6.42 Å². The summed E-state index contributed by atoms with van der Waals surface area (Å²) in [6.45, 7) is -0.225. The summed E-state index contributed by atoms with van der Waals surface area (Å²) >= 11 is 0. The third kappa shape index (κ3) is 2.15. The lowest BCUT2D eigenvalue weighted by molar-refractivity contribution is -0.144. The van der Waals surface area contributed by atoms with Gasteiger partial charge in [0.25, 0.3) is 0 Å². The van der Waals surface area contributed by atoms with Crippen molar-refractivity contribution >= 4 is 7.48 Å². The Hall–Kier alpha value is -0.135. The number of hydrogen-bond acceptors (Lipinski definition) is 5. The normalized spacial score (nSPS) is 37.5. The third-order valence-electron chi connectivity index (χ3n) is 1.65.